The van der Waals surface area contributed by atoms with Crippen LogP contribution in [0.4, 0.5) is 0 Å². The largest absolute Gasteiger partial charge is 0.326 e. The Kier molecular flexibility index (Phi) is 5.21. The number of carbonyl (C=O) groups excluding carboxylic acids is 1. The van der Waals surface area contributed by atoms with Crippen LogP contribution in [0.1, 0.15) is 29.2 Å². The minimum Gasteiger partial charge on any atom is -0.305 e. The number of nitrogens with zero attached hydrogens (tertiary/aromatic N) is 2. The monoisotopic (exact) mass is 447 g/mol. The van der Waals surface area contributed by atoms with Gasteiger partial charge in [-0.2, -0.15) is 0 Å². The molecule has 27 heavy (non-hydrogen) atoms. The summed E-state index contributed by atoms with van der Waals surface area (Å²) in [7, 11) is 0. The molecule has 4 rings (SSSR count). The fourth-order valence-electron chi connectivity index (χ4n) is 3.73. The average molecular weight is 449 g/mol. The molecule has 2 heterocycles. The van der Waals surface area contributed by atoms with E-state index in [0.29, 0.717) is 17.1 Å². The van der Waals surface area contributed by atoms with Crippen LogP contribution in [0.2, 0.25) is 5.02 Å². The van der Waals surface area contributed by atoms with Crippen molar-refractivity contribution in [3.63, 3.8) is 0 Å². The summed E-state index contributed by atoms with van der Waals surface area (Å²) in [5.74, 6) is 0.0965. The van der Waals surface area contributed by atoms with Gasteiger partial charge in [-0.25, -0.2) is 4.79 Å². The Morgan fingerprint density at radius 1 is 1.15 bits per heavy atom. The second kappa shape index (κ2) is 7.62. The lowest BCUT2D eigenvalue weighted by Gasteiger charge is -2.32. The highest BCUT2D eigenvalue weighted by molar-refractivity contribution is 9.10. The van der Waals surface area contributed by atoms with Crippen LogP contribution in [0.15, 0.2) is 51.7 Å². The lowest BCUT2D eigenvalue weighted by Crippen LogP contribution is -2.39. The zero-order chi connectivity index (χ0) is 19.0. The molecule has 2 aromatic carbocycles. The molecule has 0 unspecified atom stereocenters. The summed E-state index contributed by atoms with van der Waals surface area (Å²) in [5.41, 5.74) is 2.38. The molecule has 0 radical (unpaired) electrons. The van der Waals surface area contributed by atoms with Crippen molar-refractivity contribution in [3.8, 4) is 0 Å². The van der Waals surface area contributed by atoms with Crippen LogP contribution in [0.25, 0.3) is 11.0 Å². The van der Waals surface area contributed by atoms with Crippen molar-refractivity contribution in [3.05, 3.63) is 68.0 Å². The summed E-state index contributed by atoms with van der Waals surface area (Å²) in [5, 5.41) is 0.628. The number of nitrogens with one attached hydrogen (secondary N) is 1. The van der Waals surface area contributed by atoms with Crippen molar-refractivity contribution < 1.29 is 4.79 Å². The molecule has 140 valence electrons. The van der Waals surface area contributed by atoms with Gasteiger partial charge in [-0.1, -0.05) is 27.5 Å². The first-order chi connectivity index (χ1) is 13.0. The van der Waals surface area contributed by atoms with Gasteiger partial charge in [0.05, 0.1) is 17.6 Å². The molecule has 1 aliphatic rings. The maximum Gasteiger partial charge on any atom is 0.326 e. The van der Waals surface area contributed by atoms with Gasteiger partial charge in [0.2, 0.25) is 0 Å². The van der Waals surface area contributed by atoms with Crippen molar-refractivity contribution in [1.29, 1.82) is 0 Å². The molecular weight excluding hydrogens is 430 g/mol. The molecule has 1 aliphatic heterocycles. The number of hydrogen-bond acceptors (Lipinski definition) is 3. The van der Waals surface area contributed by atoms with E-state index in [2.05, 4.69) is 25.8 Å². The van der Waals surface area contributed by atoms with Gasteiger partial charge < -0.3 is 4.98 Å². The van der Waals surface area contributed by atoms with Crippen molar-refractivity contribution in [2.24, 2.45) is 0 Å². The van der Waals surface area contributed by atoms with E-state index in [1.807, 2.05) is 22.8 Å². The standard InChI is InChI=1S/C20H19BrClN3O2/c21-14-3-6-18-17(11-14)23-20(27)25(18)16-7-9-24(10-8-16)12-19(26)13-1-4-15(22)5-2-13/h1-6,11,16H,7-10,12H2,(H,23,27). The maximum absolute atomic E-state index is 12.4. The molecule has 0 amide bonds. The first-order valence-electron chi connectivity index (χ1n) is 8.92. The van der Waals surface area contributed by atoms with E-state index in [-0.39, 0.29) is 17.5 Å². The molecule has 7 heteroatoms. The lowest BCUT2D eigenvalue weighted by molar-refractivity contribution is 0.0898. The Labute approximate surface area is 170 Å². The van der Waals surface area contributed by atoms with Gasteiger partial charge in [-0.15, -0.1) is 0 Å². The van der Waals surface area contributed by atoms with E-state index >= 15 is 0 Å². The molecule has 5 nitrogen and oxygen atoms in total. The zero-order valence-corrected chi connectivity index (χ0v) is 17.0. The van der Waals surface area contributed by atoms with Crippen LogP contribution in [-0.2, 0) is 0 Å². The number of likely N-dealkylation sites (tertiary alicyclic amines) is 1. The number of rotatable bonds is 4. The van der Waals surface area contributed by atoms with Crippen molar-refractivity contribution in [2.45, 2.75) is 18.9 Å². The molecule has 1 aromatic heterocycles. The van der Waals surface area contributed by atoms with Crippen LogP contribution in [0, 0.1) is 0 Å². The quantitative estimate of drug-likeness (QED) is 0.607. The number of Topliss-reactive ketones (excluding diaryl/α,β-unsaturated/α-hetero) is 1. The van der Waals surface area contributed by atoms with Gasteiger partial charge in [0.15, 0.2) is 5.78 Å². The fraction of sp³-hybridized carbons (Fsp3) is 0.300. The number of imidazole rings is 1. The van der Waals surface area contributed by atoms with E-state index < -0.39 is 0 Å². The summed E-state index contributed by atoms with van der Waals surface area (Å²) < 4.78 is 2.80. The van der Waals surface area contributed by atoms with E-state index in [9.17, 15) is 9.59 Å². The van der Waals surface area contributed by atoms with Gasteiger partial charge in [0.1, 0.15) is 0 Å². The van der Waals surface area contributed by atoms with Gasteiger partial charge >= 0.3 is 5.69 Å². The number of H-pyrrole nitrogens is 1. The molecule has 0 bridgehead atoms. The molecule has 1 fully saturated rings. The molecule has 1 saturated heterocycles. The minimum atomic E-state index is -0.0706. The number of fused-ring (bicyclic) bond motifs is 1. The van der Waals surface area contributed by atoms with Gasteiger partial charge in [0.25, 0.3) is 0 Å². The second-order valence-corrected chi connectivity index (χ2v) is 8.25. The van der Waals surface area contributed by atoms with Crippen LogP contribution in [-0.4, -0.2) is 39.9 Å². The van der Waals surface area contributed by atoms with Gasteiger partial charge in [-0.05, 0) is 55.3 Å². The number of benzene rings is 2. The predicted molar refractivity (Wildman–Crippen MR) is 111 cm³/mol. The molecular formula is C20H19BrClN3O2. The normalized spacial score (nSPS) is 16.1. The molecule has 3 aromatic rings. The highest BCUT2D eigenvalue weighted by atomic mass is 79.9. The maximum atomic E-state index is 12.4. The van der Waals surface area contributed by atoms with E-state index in [1.54, 1.807) is 24.3 Å². The molecule has 1 N–H and O–H groups in total. The highest BCUT2D eigenvalue weighted by Gasteiger charge is 2.25. The van der Waals surface area contributed by atoms with E-state index in [1.165, 1.54) is 0 Å². The second-order valence-electron chi connectivity index (χ2n) is 6.90. The minimum absolute atomic E-state index is 0.0706. The Morgan fingerprint density at radius 2 is 1.85 bits per heavy atom. The topological polar surface area (TPSA) is 58.1 Å². The van der Waals surface area contributed by atoms with Crippen molar-refractivity contribution in [2.75, 3.05) is 19.6 Å². The zero-order valence-electron chi connectivity index (χ0n) is 14.6. The lowest BCUT2D eigenvalue weighted by atomic mass is 10.0. The summed E-state index contributed by atoms with van der Waals surface area (Å²) in [4.78, 5) is 30.0. The number of carbonyl (C=O) groups is 1. The van der Waals surface area contributed by atoms with Crippen molar-refractivity contribution in [1.82, 2.24) is 14.5 Å². The van der Waals surface area contributed by atoms with Crippen LogP contribution < -0.4 is 5.69 Å². The van der Waals surface area contributed by atoms with E-state index in [0.717, 1.165) is 41.4 Å². The molecule has 0 saturated carbocycles. The smallest absolute Gasteiger partial charge is 0.305 e. The Hall–Kier alpha value is -1.89. The third-order valence-corrected chi connectivity index (χ3v) is 5.88. The number of hydrogen-bond donors (Lipinski definition) is 1. The van der Waals surface area contributed by atoms with Crippen LogP contribution in [0.5, 0.6) is 0 Å². The third-order valence-electron chi connectivity index (χ3n) is 5.13. The predicted octanol–water partition coefficient (Wildman–Crippen LogP) is 4.27. The average Bonchev–Trinajstić information content (AvgIpc) is 2.97. The first kappa shape index (κ1) is 18.5. The fourth-order valence-corrected chi connectivity index (χ4v) is 4.22. The van der Waals surface area contributed by atoms with Crippen LogP contribution >= 0.6 is 27.5 Å². The Balaban J connectivity index is 1.43. The molecule has 0 atom stereocenters. The number of aromatic amines is 1. The summed E-state index contributed by atoms with van der Waals surface area (Å²) in [6.07, 6.45) is 1.69. The number of ketones is 1. The van der Waals surface area contributed by atoms with Gasteiger partial charge in [0, 0.05) is 34.2 Å². The SMILES string of the molecule is O=C(CN1CCC(n2c(=O)[nH]c3cc(Br)ccc32)CC1)c1ccc(Cl)cc1. The number of aromatic nitrogens is 2. The molecule has 0 spiro atoms. The summed E-state index contributed by atoms with van der Waals surface area (Å²) in [6.45, 7) is 1.98. The first-order valence-corrected chi connectivity index (χ1v) is 10.1. The van der Waals surface area contributed by atoms with Gasteiger partial charge in [-0.3, -0.25) is 14.3 Å². The van der Waals surface area contributed by atoms with E-state index in [4.69, 9.17) is 11.6 Å². The number of halogens is 2. The van der Waals surface area contributed by atoms with Crippen LogP contribution in [0.3, 0.4) is 0 Å². The third kappa shape index (κ3) is 3.88. The summed E-state index contributed by atoms with van der Waals surface area (Å²) >= 11 is 9.32. The Bertz CT molecular complexity index is 1030. The highest BCUT2D eigenvalue weighted by Crippen LogP contribution is 2.26. The van der Waals surface area contributed by atoms with Crippen molar-refractivity contribution >= 4 is 44.3 Å². The number of piperidine rings is 1. The Morgan fingerprint density at radius 3 is 2.56 bits per heavy atom. The molecule has 0 aliphatic carbocycles. The summed E-state index contributed by atoms with van der Waals surface area (Å²) in [6, 6.07) is 13.0.